The third-order valence-electron chi connectivity index (χ3n) is 2.18. The van der Waals surface area contributed by atoms with Crippen molar-refractivity contribution >= 4 is 22.1 Å². The first-order valence-electron chi connectivity index (χ1n) is 4.54. The number of fused-ring (bicyclic) bond motifs is 1. The van der Waals surface area contributed by atoms with E-state index in [-0.39, 0.29) is 5.75 Å². The molecule has 0 aliphatic carbocycles. The van der Waals surface area contributed by atoms with Crippen molar-refractivity contribution in [2.75, 3.05) is 7.11 Å². The Kier molecular flexibility index (Phi) is 3.07. The molecular formula is C11H9O4S-. The van der Waals surface area contributed by atoms with Crippen LogP contribution in [0.2, 0.25) is 0 Å². The van der Waals surface area contributed by atoms with Crippen molar-refractivity contribution in [3.05, 3.63) is 36.4 Å². The van der Waals surface area contributed by atoms with E-state index >= 15 is 0 Å². The predicted molar refractivity (Wildman–Crippen MR) is 60.0 cm³/mol. The summed E-state index contributed by atoms with van der Waals surface area (Å²) >= 11 is -2.55. The number of rotatable bonds is 3. The molecule has 1 atom stereocenters. The molecule has 1 unspecified atom stereocenters. The summed E-state index contributed by atoms with van der Waals surface area (Å²) in [7, 11) is 1.58. The highest BCUT2D eigenvalue weighted by Gasteiger charge is 1.99. The number of hydrogen-bond acceptors (Lipinski definition) is 4. The van der Waals surface area contributed by atoms with Crippen LogP contribution in [0.1, 0.15) is 0 Å². The minimum Gasteiger partial charge on any atom is -0.740 e. The molecule has 0 spiro atoms. The summed E-state index contributed by atoms with van der Waals surface area (Å²) < 4.78 is 30.4. The van der Waals surface area contributed by atoms with E-state index in [9.17, 15) is 8.76 Å². The molecule has 4 nitrogen and oxygen atoms in total. The highest BCUT2D eigenvalue weighted by molar-refractivity contribution is 7.74. The van der Waals surface area contributed by atoms with Crippen LogP contribution in [0.3, 0.4) is 0 Å². The zero-order valence-electron chi connectivity index (χ0n) is 8.51. The standard InChI is InChI=1S/C11H10O4S/c1-14-10-4-2-8-3-5-11(15-16(12)13)7-9(8)6-10/h2-7H,1H3,(H,12,13)/p-1. The zero-order valence-corrected chi connectivity index (χ0v) is 9.32. The average Bonchev–Trinajstić information content (AvgIpc) is 2.27. The number of ether oxygens (including phenoxy) is 1. The highest BCUT2D eigenvalue weighted by Crippen LogP contribution is 2.25. The third-order valence-corrected chi connectivity index (χ3v) is 2.51. The van der Waals surface area contributed by atoms with Crippen LogP contribution >= 0.6 is 0 Å². The second-order valence-corrected chi connectivity index (χ2v) is 3.74. The van der Waals surface area contributed by atoms with E-state index in [1.165, 1.54) is 0 Å². The molecule has 0 bridgehead atoms. The van der Waals surface area contributed by atoms with Crippen molar-refractivity contribution < 1.29 is 17.7 Å². The van der Waals surface area contributed by atoms with Gasteiger partial charge in [-0.1, -0.05) is 12.1 Å². The van der Waals surface area contributed by atoms with E-state index in [1.54, 1.807) is 25.3 Å². The van der Waals surface area contributed by atoms with Gasteiger partial charge in [0.05, 0.1) is 7.11 Å². The molecule has 0 amide bonds. The summed E-state index contributed by atoms with van der Waals surface area (Å²) in [5, 5.41) is 1.85. The Morgan fingerprint density at radius 2 is 1.69 bits per heavy atom. The van der Waals surface area contributed by atoms with Crippen LogP contribution in [-0.4, -0.2) is 15.9 Å². The molecule has 2 aromatic carbocycles. The van der Waals surface area contributed by atoms with Crippen LogP contribution in [0, 0.1) is 0 Å². The molecule has 0 heterocycles. The number of benzene rings is 2. The Bertz CT molecular complexity index is 538. The van der Waals surface area contributed by atoms with E-state index < -0.39 is 11.4 Å². The van der Waals surface area contributed by atoms with Crippen molar-refractivity contribution in [1.82, 2.24) is 0 Å². The summed E-state index contributed by atoms with van der Waals surface area (Å²) in [6, 6.07) is 10.6. The SMILES string of the molecule is COc1ccc2ccc(OS(=O)[O-])cc2c1. The second kappa shape index (κ2) is 4.51. The van der Waals surface area contributed by atoms with Crippen molar-refractivity contribution in [3.63, 3.8) is 0 Å². The fourth-order valence-electron chi connectivity index (χ4n) is 1.46. The van der Waals surface area contributed by atoms with Crippen LogP contribution in [0.15, 0.2) is 36.4 Å². The fourth-order valence-corrected chi connectivity index (χ4v) is 1.72. The van der Waals surface area contributed by atoms with Gasteiger partial charge in [-0.25, -0.2) is 4.21 Å². The van der Waals surface area contributed by atoms with Crippen LogP contribution < -0.4 is 8.92 Å². The summed E-state index contributed by atoms with van der Waals surface area (Å²) in [4.78, 5) is 0. The van der Waals surface area contributed by atoms with Crippen LogP contribution in [0.25, 0.3) is 10.8 Å². The van der Waals surface area contributed by atoms with E-state index in [0.29, 0.717) is 5.75 Å². The second-order valence-electron chi connectivity index (χ2n) is 3.16. The van der Waals surface area contributed by atoms with Gasteiger partial charge in [0.1, 0.15) is 22.9 Å². The Hall–Kier alpha value is -1.59. The lowest BCUT2D eigenvalue weighted by molar-refractivity contribution is 0.415. The maximum atomic E-state index is 10.4. The van der Waals surface area contributed by atoms with Gasteiger partial charge in [0.2, 0.25) is 0 Å². The van der Waals surface area contributed by atoms with Gasteiger partial charge < -0.3 is 13.5 Å². The molecule has 0 aliphatic rings. The quantitative estimate of drug-likeness (QED) is 0.766. The monoisotopic (exact) mass is 237 g/mol. The van der Waals surface area contributed by atoms with Crippen molar-refractivity contribution in [2.24, 2.45) is 0 Å². The van der Waals surface area contributed by atoms with Gasteiger partial charge in [-0.3, -0.25) is 0 Å². The summed E-state index contributed by atoms with van der Waals surface area (Å²) in [5.41, 5.74) is 0. The Morgan fingerprint density at radius 1 is 1.06 bits per heavy atom. The van der Waals surface area contributed by atoms with Crippen LogP contribution in [0.4, 0.5) is 0 Å². The molecule has 2 aromatic rings. The molecule has 0 aliphatic heterocycles. The first-order chi connectivity index (χ1) is 7.69. The molecule has 84 valence electrons. The van der Waals surface area contributed by atoms with Gasteiger partial charge >= 0.3 is 0 Å². The van der Waals surface area contributed by atoms with Crippen LogP contribution in [0.5, 0.6) is 11.5 Å². The Balaban J connectivity index is 2.46. The molecule has 0 N–H and O–H groups in total. The van der Waals surface area contributed by atoms with E-state index in [1.807, 2.05) is 18.2 Å². The lowest BCUT2D eigenvalue weighted by Gasteiger charge is -2.08. The predicted octanol–water partition coefficient (Wildman–Crippen LogP) is 2.02. The highest BCUT2D eigenvalue weighted by atomic mass is 32.2. The van der Waals surface area contributed by atoms with Gasteiger partial charge in [-0.2, -0.15) is 0 Å². The van der Waals surface area contributed by atoms with Crippen molar-refractivity contribution in [2.45, 2.75) is 0 Å². The molecule has 16 heavy (non-hydrogen) atoms. The molecule has 0 radical (unpaired) electrons. The normalized spacial score (nSPS) is 12.4. The average molecular weight is 237 g/mol. The minimum absolute atomic E-state index is 0.286. The van der Waals surface area contributed by atoms with Crippen molar-refractivity contribution in [1.29, 1.82) is 0 Å². The van der Waals surface area contributed by atoms with Gasteiger partial charge in [-0.15, -0.1) is 0 Å². The first-order valence-corrected chi connectivity index (χ1v) is 5.54. The number of methoxy groups -OCH3 is 1. The van der Waals surface area contributed by atoms with Gasteiger partial charge in [-0.05, 0) is 35.0 Å². The minimum atomic E-state index is -2.55. The van der Waals surface area contributed by atoms with Gasteiger partial charge in [0, 0.05) is 0 Å². The molecule has 0 aromatic heterocycles. The molecule has 0 fully saturated rings. The van der Waals surface area contributed by atoms with Gasteiger partial charge in [0.25, 0.3) is 0 Å². The Morgan fingerprint density at radius 3 is 2.31 bits per heavy atom. The molecule has 2 rings (SSSR count). The lowest BCUT2D eigenvalue weighted by atomic mass is 10.1. The van der Waals surface area contributed by atoms with E-state index in [2.05, 4.69) is 4.18 Å². The van der Waals surface area contributed by atoms with Crippen LogP contribution in [-0.2, 0) is 11.4 Å². The molecular weight excluding hydrogens is 228 g/mol. The maximum absolute atomic E-state index is 10.4. The Labute approximate surface area is 95.3 Å². The molecule has 0 saturated heterocycles. The topological polar surface area (TPSA) is 58.6 Å². The maximum Gasteiger partial charge on any atom is 0.139 e. The number of hydrogen-bond donors (Lipinski definition) is 0. The summed E-state index contributed by atoms with van der Waals surface area (Å²) in [6.07, 6.45) is 0. The van der Waals surface area contributed by atoms with Gasteiger partial charge in [0.15, 0.2) is 0 Å². The van der Waals surface area contributed by atoms with E-state index in [4.69, 9.17) is 4.74 Å². The summed E-state index contributed by atoms with van der Waals surface area (Å²) in [5.74, 6) is 1.00. The van der Waals surface area contributed by atoms with Crippen molar-refractivity contribution in [3.8, 4) is 11.5 Å². The largest absolute Gasteiger partial charge is 0.740 e. The molecule has 5 heteroatoms. The third kappa shape index (κ3) is 2.32. The van der Waals surface area contributed by atoms with E-state index in [0.717, 1.165) is 10.8 Å². The fraction of sp³-hybridized carbons (Fsp3) is 0.0909. The first kappa shape index (κ1) is 10.9. The lowest BCUT2D eigenvalue weighted by Crippen LogP contribution is -1.97. The molecule has 0 saturated carbocycles. The smallest absolute Gasteiger partial charge is 0.139 e. The zero-order chi connectivity index (χ0) is 11.5. The summed E-state index contributed by atoms with van der Waals surface area (Å²) in [6.45, 7) is 0.